The van der Waals surface area contributed by atoms with Gasteiger partial charge in [-0.05, 0) is 59.5 Å². The average Bonchev–Trinajstić information content (AvgIpc) is 2.35. The molecule has 1 aromatic carbocycles. The number of hydrogen-bond acceptors (Lipinski definition) is 2. The molecule has 96 valence electrons. The van der Waals surface area contributed by atoms with E-state index in [1.807, 2.05) is 0 Å². The first-order valence-corrected chi connectivity index (χ1v) is 7.21. The molecule has 1 aromatic rings. The van der Waals surface area contributed by atoms with Crippen LogP contribution in [0, 0.1) is 3.57 Å². The Morgan fingerprint density at radius 1 is 1.24 bits per heavy atom. The summed E-state index contributed by atoms with van der Waals surface area (Å²) in [6, 6.07) is 8.58. The Labute approximate surface area is 118 Å². The molecule has 0 bridgehead atoms. The van der Waals surface area contributed by atoms with Crippen molar-refractivity contribution >= 4 is 22.6 Å². The van der Waals surface area contributed by atoms with Gasteiger partial charge in [-0.15, -0.1) is 0 Å². The standard InChI is InChI=1S/C14H22INO/c1-4-14(5-2,17-3)13(16)10-11-6-8-12(15)9-7-11/h6-9,13H,4-5,10,16H2,1-3H3. The Bertz CT molecular complexity index is 324. The van der Waals surface area contributed by atoms with E-state index in [0.29, 0.717) is 0 Å². The van der Waals surface area contributed by atoms with E-state index < -0.39 is 0 Å². The maximum atomic E-state index is 6.33. The zero-order valence-electron chi connectivity index (χ0n) is 10.9. The third-order valence-corrected chi connectivity index (χ3v) is 4.37. The topological polar surface area (TPSA) is 35.2 Å². The van der Waals surface area contributed by atoms with Crippen molar-refractivity contribution in [2.75, 3.05) is 7.11 Å². The van der Waals surface area contributed by atoms with Crippen LogP contribution in [0.5, 0.6) is 0 Å². The largest absolute Gasteiger partial charge is 0.377 e. The predicted octanol–water partition coefficient (Wildman–Crippen LogP) is 3.37. The van der Waals surface area contributed by atoms with Gasteiger partial charge < -0.3 is 10.5 Å². The Hall–Kier alpha value is -0.130. The molecule has 3 heteroatoms. The molecule has 2 N–H and O–H groups in total. The SMILES string of the molecule is CCC(CC)(OC)C(N)Cc1ccc(I)cc1. The molecule has 0 fully saturated rings. The van der Waals surface area contributed by atoms with Crippen molar-refractivity contribution in [1.82, 2.24) is 0 Å². The van der Waals surface area contributed by atoms with Crippen LogP contribution >= 0.6 is 22.6 Å². The van der Waals surface area contributed by atoms with Gasteiger partial charge in [-0.3, -0.25) is 0 Å². The summed E-state index contributed by atoms with van der Waals surface area (Å²) < 4.78 is 6.92. The molecule has 2 nitrogen and oxygen atoms in total. The quantitative estimate of drug-likeness (QED) is 0.801. The van der Waals surface area contributed by atoms with Crippen LogP contribution in [0.4, 0.5) is 0 Å². The lowest BCUT2D eigenvalue weighted by Crippen LogP contribution is -2.50. The molecule has 1 unspecified atom stereocenters. The van der Waals surface area contributed by atoms with Gasteiger partial charge in [0, 0.05) is 16.7 Å². The van der Waals surface area contributed by atoms with Gasteiger partial charge in [0.2, 0.25) is 0 Å². The number of ether oxygens (including phenoxy) is 1. The van der Waals surface area contributed by atoms with E-state index in [4.69, 9.17) is 10.5 Å². The van der Waals surface area contributed by atoms with Gasteiger partial charge in [-0.25, -0.2) is 0 Å². The van der Waals surface area contributed by atoms with E-state index in [2.05, 4.69) is 60.7 Å². The van der Waals surface area contributed by atoms with Crippen molar-refractivity contribution in [2.24, 2.45) is 5.73 Å². The average molecular weight is 347 g/mol. The molecule has 0 aliphatic rings. The monoisotopic (exact) mass is 347 g/mol. The summed E-state index contributed by atoms with van der Waals surface area (Å²) in [7, 11) is 1.76. The number of nitrogens with two attached hydrogens (primary N) is 1. The highest BCUT2D eigenvalue weighted by atomic mass is 127. The maximum absolute atomic E-state index is 6.33. The summed E-state index contributed by atoms with van der Waals surface area (Å²) in [5, 5.41) is 0. The molecule has 0 saturated heterocycles. The van der Waals surface area contributed by atoms with Crippen LogP contribution in [0.25, 0.3) is 0 Å². The minimum absolute atomic E-state index is 0.0440. The lowest BCUT2D eigenvalue weighted by atomic mass is 9.85. The molecular weight excluding hydrogens is 325 g/mol. The smallest absolute Gasteiger partial charge is 0.0826 e. The highest BCUT2D eigenvalue weighted by Crippen LogP contribution is 2.25. The molecule has 0 aliphatic carbocycles. The van der Waals surface area contributed by atoms with Crippen LogP contribution in [0.2, 0.25) is 0 Å². The summed E-state index contributed by atoms with van der Waals surface area (Å²) in [6.45, 7) is 4.28. The van der Waals surface area contributed by atoms with E-state index in [-0.39, 0.29) is 11.6 Å². The van der Waals surface area contributed by atoms with Gasteiger partial charge in [0.25, 0.3) is 0 Å². The summed E-state index contributed by atoms with van der Waals surface area (Å²) in [5.41, 5.74) is 7.42. The molecule has 0 saturated carbocycles. The van der Waals surface area contributed by atoms with Crippen molar-refractivity contribution < 1.29 is 4.74 Å². The normalized spacial score (nSPS) is 13.7. The molecule has 0 spiro atoms. The van der Waals surface area contributed by atoms with Gasteiger partial charge in [-0.1, -0.05) is 26.0 Å². The number of benzene rings is 1. The van der Waals surface area contributed by atoms with Gasteiger partial charge in [-0.2, -0.15) is 0 Å². The van der Waals surface area contributed by atoms with Crippen LogP contribution in [0.3, 0.4) is 0 Å². The third-order valence-electron chi connectivity index (χ3n) is 3.65. The molecule has 1 rings (SSSR count). The second kappa shape index (κ2) is 6.71. The van der Waals surface area contributed by atoms with E-state index >= 15 is 0 Å². The second-order valence-electron chi connectivity index (χ2n) is 4.41. The van der Waals surface area contributed by atoms with Gasteiger partial charge in [0.15, 0.2) is 0 Å². The Morgan fingerprint density at radius 2 is 1.76 bits per heavy atom. The summed E-state index contributed by atoms with van der Waals surface area (Å²) in [5.74, 6) is 0. The van der Waals surface area contributed by atoms with Crippen LogP contribution < -0.4 is 5.73 Å². The number of halogens is 1. The van der Waals surface area contributed by atoms with Gasteiger partial charge in [0.1, 0.15) is 0 Å². The van der Waals surface area contributed by atoms with E-state index in [0.717, 1.165) is 19.3 Å². The fraction of sp³-hybridized carbons (Fsp3) is 0.571. The van der Waals surface area contributed by atoms with Crippen molar-refractivity contribution in [2.45, 2.75) is 44.8 Å². The lowest BCUT2D eigenvalue weighted by molar-refractivity contribution is -0.0374. The highest BCUT2D eigenvalue weighted by molar-refractivity contribution is 14.1. The molecule has 17 heavy (non-hydrogen) atoms. The van der Waals surface area contributed by atoms with Crippen molar-refractivity contribution in [3.05, 3.63) is 33.4 Å². The predicted molar refractivity (Wildman–Crippen MR) is 81.2 cm³/mol. The van der Waals surface area contributed by atoms with E-state index in [9.17, 15) is 0 Å². The van der Waals surface area contributed by atoms with E-state index in [1.165, 1.54) is 9.13 Å². The Morgan fingerprint density at radius 3 is 2.18 bits per heavy atom. The summed E-state index contributed by atoms with van der Waals surface area (Å²) in [6.07, 6.45) is 2.77. The van der Waals surface area contributed by atoms with E-state index in [1.54, 1.807) is 7.11 Å². The summed E-state index contributed by atoms with van der Waals surface area (Å²) >= 11 is 2.31. The summed E-state index contributed by atoms with van der Waals surface area (Å²) in [4.78, 5) is 0. The number of rotatable bonds is 6. The van der Waals surface area contributed by atoms with Gasteiger partial charge >= 0.3 is 0 Å². The second-order valence-corrected chi connectivity index (χ2v) is 5.66. The first-order valence-electron chi connectivity index (χ1n) is 6.13. The Kier molecular flexibility index (Phi) is 5.89. The third kappa shape index (κ3) is 3.66. The van der Waals surface area contributed by atoms with Crippen LogP contribution in [0.1, 0.15) is 32.3 Å². The van der Waals surface area contributed by atoms with Crippen LogP contribution in [-0.4, -0.2) is 18.8 Å². The van der Waals surface area contributed by atoms with Crippen LogP contribution in [0.15, 0.2) is 24.3 Å². The molecule has 0 heterocycles. The molecule has 0 aromatic heterocycles. The number of hydrogen-bond donors (Lipinski definition) is 1. The van der Waals surface area contributed by atoms with Crippen LogP contribution in [-0.2, 0) is 11.2 Å². The van der Waals surface area contributed by atoms with Crippen molar-refractivity contribution in [1.29, 1.82) is 0 Å². The molecule has 0 amide bonds. The highest BCUT2D eigenvalue weighted by Gasteiger charge is 2.33. The first kappa shape index (κ1) is 14.9. The Balaban J connectivity index is 2.76. The molecule has 0 radical (unpaired) electrons. The fourth-order valence-electron chi connectivity index (χ4n) is 2.27. The minimum atomic E-state index is -0.191. The zero-order valence-corrected chi connectivity index (χ0v) is 13.0. The molecular formula is C14H22INO. The zero-order chi connectivity index (χ0) is 12.9. The first-order chi connectivity index (χ1) is 8.07. The lowest BCUT2D eigenvalue weighted by Gasteiger charge is -2.36. The van der Waals surface area contributed by atoms with Crippen molar-refractivity contribution in [3.63, 3.8) is 0 Å². The minimum Gasteiger partial charge on any atom is -0.377 e. The number of methoxy groups -OCH3 is 1. The van der Waals surface area contributed by atoms with Gasteiger partial charge in [0.05, 0.1) is 5.60 Å². The fourth-order valence-corrected chi connectivity index (χ4v) is 2.63. The molecule has 0 aliphatic heterocycles. The molecule has 1 atom stereocenters. The maximum Gasteiger partial charge on any atom is 0.0826 e. The van der Waals surface area contributed by atoms with Crippen molar-refractivity contribution in [3.8, 4) is 0 Å².